The van der Waals surface area contributed by atoms with Gasteiger partial charge in [-0.05, 0) is 25.7 Å². The highest BCUT2D eigenvalue weighted by molar-refractivity contribution is 5.84. The molecule has 0 unspecified atom stereocenters. The largest absolute Gasteiger partial charge is 0.375 e. The van der Waals surface area contributed by atoms with E-state index < -0.39 is 0 Å². The van der Waals surface area contributed by atoms with Crippen LogP contribution in [0.4, 0.5) is 0 Å². The lowest BCUT2D eigenvalue weighted by Crippen LogP contribution is -2.58. The van der Waals surface area contributed by atoms with E-state index in [-0.39, 0.29) is 42.5 Å². The number of rotatable bonds is 7. The first-order valence-corrected chi connectivity index (χ1v) is 8.68. The van der Waals surface area contributed by atoms with Gasteiger partial charge in [0.25, 0.3) is 0 Å². The van der Waals surface area contributed by atoms with Crippen molar-refractivity contribution in [2.24, 2.45) is 0 Å². The van der Waals surface area contributed by atoms with Gasteiger partial charge in [0, 0.05) is 44.7 Å². The van der Waals surface area contributed by atoms with Crippen LogP contribution in [0.5, 0.6) is 0 Å². The van der Waals surface area contributed by atoms with E-state index >= 15 is 0 Å². The van der Waals surface area contributed by atoms with Gasteiger partial charge in [0.15, 0.2) is 0 Å². The predicted octanol–water partition coefficient (Wildman–Crippen LogP) is -1.25. The van der Waals surface area contributed by atoms with Crippen molar-refractivity contribution in [2.45, 2.75) is 56.3 Å². The molecule has 3 amide bonds. The van der Waals surface area contributed by atoms with Gasteiger partial charge in [-0.2, -0.15) is 0 Å². The summed E-state index contributed by atoms with van der Waals surface area (Å²) in [7, 11) is 1.48. The molecule has 0 aromatic heterocycles. The Morgan fingerprint density at radius 2 is 2.00 bits per heavy atom. The molecule has 3 N–H and O–H groups in total. The zero-order valence-corrected chi connectivity index (χ0v) is 14.0. The number of hydrogen-bond donors (Lipinski definition) is 3. The van der Waals surface area contributed by atoms with Crippen LogP contribution in [-0.4, -0.2) is 73.6 Å². The maximum Gasteiger partial charge on any atom is 0.246 e. The molecule has 1 aliphatic carbocycles. The summed E-state index contributed by atoms with van der Waals surface area (Å²) < 4.78 is 4.83. The number of nitrogens with zero attached hydrogens (tertiary/aromatic N) is 1. The van der Waals surface area contributed by atoms with E-state index in [1.165, 1.54) is 7.11 Å². The van der Waals surface area contributed by atoms with Crippen LogP contribution in [0.1, 0.15) is 32.1 Å². The van der Waals surface area contributed by atoms with E-state index in [1.54, 1.807) is 0 Å². The summed E-state index contributed by atoms with van der Waals surface area (Å²) >= 11 is 0. The van der Waals surface area contributed by atoms with E-state index in [2.05, 4.69) is 20.9 Å². The fourth-order valence-electron chi connectivity index (χ4n) is 3.57. The Balaban J connectivity index is 1.51. The molecule has 2 aliphatic heterocycles. The Kier molecular flexibility index (Phi) is 5.35. The molecule has 1 saturated carbocycles. The maximum absolute atomic E-state index is 12.1. The van der Waals surface area contributed by atoms with Crippen molar-refractivity contribution in [3.8, 4) is 0 Å². The van der Waals surface area contributed by atoms with Gasteiger partial charge >= 0.3 is 0 Å². The lowest BCUT2D eigenvalue weighted by Gasteiger charge is -2.37. The number of nitrogens with one attached hydrogen (secondary N) is 3. The molecular formula is C16H26N4O4. The third-order valence-corrected chi connectivity index (χ3v) is 4.91. The Hall–Kier alpha value is -1.67. The topological polar surface area (TPSA) is 99.8 Å². The van der Waals surface area contributed by atoms with Crippen LogP contribution >= 0.6 is 0 Å². The highest BCUT2D eigenvalue weighted by Crippen LogP contribution is 2.26. The Morgan fingerprint density at radius 3 is 2.71 bits per heavy atom. The molecule has 2 heterocycles. The molecule has 0 radical (unpaired) electrons. The Labute approximate surface area is 141 Å². The number of hydrogen-bond acceptors (Lipinski definition) is 5. The highest BCUT2D eigenvalue weighted by atomic mass is 16.5. The molecular weight excluding hydrogens is 312 g/mol. The molecule has 0 spiro atoms. The summed E-state index contributed by atoms with van der Waals surface area (Å²) in [5.41, 5.74) is 0. The van der Waals surface area contributed by atoms with E-state index in [0.29, 0.717) is 38.4 Å². The van der Waals surface area contributed by atoms with E-state index in [1.807, 2.05) is 0 Å². The van der Waals surface area contributed by atoms with Gasteiger partial charge in [-0.25, -0.2) is 0 Å². The first-order valence-electron chi connectivity index (χ1n) is 8.68. The number of piperazine rings is 1. The summed E-state index contributed by atoms with van der Waals surface area (Å²) in [5.74, 6) is -0.0598. The summed E-state index contributed by atoms with van der Waals surface area (Å²) in [6, 6.07) is 0.248. The first-order chi connectivity index (χ1) is 11.6. The van der Waals surface area contributed by atoms with Crippen molar-refractivity contribution in [2.75, 3.05) is 26.8 Å². The molecule has 0 aromatic rings. The van der Waals surface area contributed by atoms with Gasteiger partial charge in [0.1, 0.15) is 6.61 Å². The molecule has 3 fully saturated rings. The Morgan fingerprint density at radius 1 is 1.25 bits per heavy atom. The second-order valence-electron chi connectivity index (χ2n) is 6.93. The fraction of sp³-hybridized carbons (Fsp3) is 0.812. The van der Waals surface area contributed by atoms with Crippen LogP contribution < -0.4 is 16.0 Å². The highest BCUT2D eigenvalue weighted by Gasteiger charge is 2.43. The van der Waals surface area contributed by atoms with E-state index in [9.17, 15) is 14.4 Å². The van der Waals surface area contributed by atoms with Gasteiger partial charge in [0.2, 0.25) is 17.7 Å². The molecule has 3 rings (SSSR count). The van der Waals surface area contributed by atoms with Crippen molar-refractivity contribution in [3.05, 3.63) is 0 Å². The summed E-state index contributed by atoms with van der Waals surface area (Å²) in [4.78, 5) is 37.8. The van der Waals surface area contributed by atoms with Crippen LogP contribution in [-0.2, 0) is 19.1 Å². The number of fused-ring (bicyclic) bond motifs is 1. The van der Waals surface area contributed by atoms with Crippen LogP contribution in [0.3, 0.4) is 0 Å². The minimum Gasteiger partial charge on any atom is -0.375 e. The second kappa shape index (κ2) is 7.48. The molecule has 24 heavy (non-hydrogen) atoms. The number of ether oxygens (including phenoxy) is 1. The van der Waals surface area contributed by atoms with Gasteiger partial charge in [-0.1, -0.05) is 0 Å². The molecule has 3 atom stereocenters. The second-order valence-corrected chi connectivity index (χ2v) is 6.93. The van der Waals surface area contributed by atoms with Gasteiger partial charge in [-0.3, -0.25) is 19.3 Å². The van der Waals surface area contributed by atoms with Crippen LogP contribution in [0.15, 0.2) is 0 Å². The zero-order valence-electron chi connectivity index (χ0n) is 14.0. The minimum atomic E-state index is -0.219. The maximum atomic E-state index is 12.1. The predicted molar refractivity (Wildman–Crippen MR) is 86.1 cm³/mol. The molecule has 8 nitrogen and oxygen atoms in total. The lowest BCUT2D eigenvalue weighted by atomic mass is 10.0. The molecule has 8 heteroatoms. The van der Waals surface area contributed by atoms with Crippen molar-refractivity contribution >= 4 is 17.7 Å². The van der Waals surface area contributed by atoms with Crippen LogP contribution in [0.25, 0.3) is 0 Å². The van der Waals surface area contributed by atoms with Crippen molar-refractivity contribution in [1.29, 1.82) is 0 Å². The lowest BCUT2D eigenvalue weighted by molar-refractivity contribution is -0.129. The van der Waals surface area contributed by atoms with Crippen LogP contribution in [0.2, 0.25) is 0 Å². The SMILES string of the molecule is COCC(=O)N[C@H]1C[C@H]2C(=O)NC[C@@H](CCC(=O)NC3CC3)N2C1. The van der Waals surface area contributed by atoms with Crippen LogP contribution in [0, 0.1) is 0 Å². The molecule has 134 valence electrons. The monoisotopic (exact) mass is 338 g/mol. The standard InChI is InChI=1S/C16H26N4O4/c1-24-9-15(22)19-11-6-13-16(23)17-7-12(20(13)8-11)4-5-14(21)18-10-2-3-10/h10-13H,2-9H2,1H3,(H,17,23)(H,18,21)(H,19,22)/t11-,12+,13-/m0/s1. The van der Waals surface area contributed by atoms with Crippen molar-refractivity contribution in [3.63, 3.8) is 0 Å². The normalized spacial score (nSPS) is 29.7. The summed E-state index contributed by atoms with van der Waals surface area (Å²) in [5, 5.41) is 8.84. The molecule has 0 aromatic carbocycles. The first kappa shape index (κ1) is 17.2. The molecule has 0 bridgehead atoms. The number of amides is 3. The van der Waals surface area contributed by atoms with Gasteiger partial charge in [0.05, 0.1) is 6.04 Å². The third-order valence-electron chi connectivity index (χ3n) is 4.91. The summed E-state index contributed by atoms with van der Waals surface area (Å²) in [6.45, 7) is 1.23. The quantitative estimate of drug-likeness (QED) is 0.539. The smallest absolute Gasteiger partial charge is 0.246 e. The average Bonchev–Trinajstić information content (AvgIpc) is 3.24. The number of carbonyl (C=O) groups excluding carboxylic acids is 3. The fourth-order valence-corrected chi connectivity index (χ4v) is 3.57. The summed E-state index contributed by atoms with van der Waals surface area (Å²) in [6.07, 6.45) is 3.96. The van der Waals surface area contributed by atoms with Crippen molar-refractivity contribution in [1.82, 2.24) is 20.9 Å². The van der Waals surface area contributed by atoms with Crippen molar-refractivity contribution < 1.29 is 19.1 Å². The third kappa shape index (κ3) is 4.24. The number of methoxy groups -OCH3 is 1. The minimum absolute atomic E-state index is 0.0113. The van der Waals surface area contributed by atoms with Gasteiger partial charge < -0.3 is 20.7 Å². The average molecular weight is 338 g/mol. The Bertz CT molecular complexity index is 508. The molecule has 3 aliphatic rings. The zero-order chi connectivity index (χ0) is 17.1. The van der Waals surface area contributed by atoms with E-state index in [0.717, 1.165) is 12.8 Å². The number of carbonyl (C=O) groups is 3. The van der Waals surface area contributed by atoms with Gasteiger partial charge in [-0.15, -0.1) is 0 Å². The van der Waals surface area contributed by atoms with E-state index in [4.69, 9.17) is 4.74 Å². The molecule has 2 saturated heterocycles.